The van der Waals surface area contributed by atoms with E-state index < -0.39 is 0 Å². The van der Waals surface area contributed by atoms with E-state index in [4.69, 9.17) is 11.6 Å². The van der Waals surface area contributed by atoms with Crippen molar-refractivity contribution in [1.82, 2.24) is 4.98 Å². The monoisotopic (exact) mass is 251 g/mol. The molecule has 0 aliphatic carbocycles. The maximum atomic E-state index is 6.40. The fourth-order valence-corrected chi connectivity index (χ4v) is 2.93. The van der Waals surface area contributed by atoms with Crippen LogP contribution in [0.1, 0.15) is 26.4 Å². The van der Waals surface area contributed by atoms with E-state index in [9.17, 15) is 0 Å². The van der Waals surface area contributed by atoms with Crippen LogP contribution in [0.4, 0.5) is 0 Å². The summed E-state index contributed by atoms with van der Waals surface area (Å²) in [7, 11) is 0. The van der Waals surface area contributed by atoms with Crippen molar-refractivity contribution >= 4 is 22.9 Å². The molecule has 84 valence electrons. The minimum Gasteiger partial charge on any atom is -0.261 e. The van der Waals surface area contributed by atoms with Crippen LogP contribution in [0.25, 0.3) is 0 Å². The molecule has 0 bridgehead atoms. The van der Waals surface area contributed by atoms with Crippen LogP contribution in [0, 0.1) is 13.8 Å². The van der Waals surface area contributed by atoms with E-state index in [1.807, 2.05) is 24.4 Å². The van der Waals surface area contributed by atoms with Gasteiger partial charge >= 0.3 is 0 Å². The Morgan fingerprint density at radius 2 is 2.19 bits per heavy atom. The van der Waals surface area contributed by atoms with Crippen LogP contribution in [0.2, 0.25) is 0 Å². The smallest absolute Gasteiger partial charge is 0.0734 e. The molecule has 0 aliphatic heterocycles. The number of alkyl halides is 1. The molecule has 3 heteroatoms. The molecule has 1 nitrogen and oxygen atoms in total. The average molecular weight is 252 g/mol. The normalized spacial score (nSPS) is 12.7. The molecule has 0 saturated carbocycles. The first-order valence-corrected chi connectivity index (χ1v) is 6.53. The molecule has 2 rings (SSSR count). The Balaban J connectivity index is 2.11. The van der Waals surface area contributed by atoms with Crippen molar-refractivity contribution in [2.24, 2.45) is 0 Å². The summed E-state index contributed by atoms with van der Waals surface area (Å²) in [4.78, 5) is 6.88. The van der Waals surface area contributed by atoms with E-state index in [0.29, 0.717) is 0 Å². The largest absolute Gasteiger partial charge is 0.261 e. The van der Waals surface area contributed by atoms with E-state index in [1.54, 1.807) is 11.3 Å². The standard InChI is InChI=1S/C13H14ClNS/c1-9-7-13(16-10(9)2)12(14)8-11-5-3-4-6-15-11/h3-7,12H,8H2,1-2H3. The minimum atomic E-state index is 0.0345. The number of nitrogens with zero attached hydrogens (tertiary/aromatic N) is 1. The van der Waals surface area contributed by atoms with Gasteiger partial charge in [0.2, 0.25) is 0 Å². The fraction of sp³-hybridized carbons (Fsp3) is 0.308. The summed E-state index contributed by atoms with van der Waals surface area (Å²) < 4.78 is 0. The molecule has 0 aliphatic rings. The lowest BCUT2D eigenvalue weighted by atomic mass is 10.1. The molecule has 0 N–H and O–H groups in total. The molecule has 2 aromatic rings. The molecule has 0 aromatic carbocycles. The lowest BCUT2D eigenvalue weighted by Gasteiger charge is -2.05. The number of pyridine rings is 1. The molecule has 0 radical (unpaired) electrons. The van der Waals surface area contributed by atoms with Gasteiger partial charge in [-0.2, -0.15) is 0 Å². The number of aryl methyl sites for hydroxylation is 2. The number of halogens is 1. The first kappa shape index (κ1) is 11.6. The number of rotatable bonds is 3. The molecular formula is C13H14ClNS. The van der Waals surface area contributed by atoms with Crippen LogP contribution in [-0.4, -0.2) is 4.98 Å². The molecule has 1 atom stereocenters. The highest BCUT2D eigenvalue weighted by molar-refractivity contribution is 7.12. The Hall–Kier alpha value is -0.860. The number of thiophene rings is 1. The summed E-state index contributed by atoms with van der Waals surface area (Å²) in [6, 6.07) is 8.12. The minimum absolute atomic E-state index is 0.0345. The van der Waals surface area contributed by atoms with Crippen LogP contribution in [-0.2, 0) is 6.42 Å². The predicted octanol–water partition coefficient (Wildman–Crippen LogP) is 4.28. The van der Waals surface area contributed by atoms with Gasteiger partial charge in [0, 0.05) is 28.1 Å². The van der Waals surface area contributed by atoms with E-state index in [-0.39, 0.29) is 5.38 Å². The molecular weight excluding hydrogens is 238 g/mol. The Bertz CT molecular complexity index is 445. The van der Waals surface area contributed by atoms with Crippen LogP contribution >= 0.6 is 22.9 Å². The Morgan fingerprint density at radius 3 is 2.75 bits per heavy atom. The molecule has 16 heavy (non-hydrogen) atoms. The molecule has 1 unspecified atom stereocenters. The topological polar surface area (TPSA) is 12.9 Å². The van der Waals surface area contributed by atoms with Crippen LogP contribution in [0.5, 0.6) is 0 Å². The Labute approximate surface area is 105 Å². The maximum Gasteiger partial charge on any atom is 0.0734 e. The van der Waals surface area contributed by atoms with Gasteiger partial charge < -0.3 is 0 Å². The van der Waals surface area contributed by atoms with Crippen molar-refractivity contribution in [2.75, 3.05) is 0 Å². The van der Waals surface area contributed by atoms with E-state index in [1.165, 1.54) is 15.3 Å². The molecule has 0 saturated heterocycles. The second kappa shape index (κ2) is 4.98. The van der Waals surface area contributed by atoms with Gasteiger partial charge in [0.1, 0.15) is 0 Å². The van der Waals surface area contributed by atoms with Crippen molar-refractivity contribution in [3.8, 4) is 0 Å². The van der Waals surface area contributed by atoms with Crippen LogP contribution in [0.15, 0.2) is 30.5 Å². The summed E-state index contributed by atoms with van der Waals surface area (Å²) >= 11 is 8.18. The van der Waals surface area contributed by atoms with E-state index in [2.05, 4.69) is 24.9 Å². The van der Waals surface area contributed by atoms with Crippen molar-refractivity contribution in [1.29, 1.82) is 0 Å². The zero-order valence-electron chi connectivity index (χ0n) is 9.40. The van der Waals surface area contributed by atoms with Gasteiger partial charge in [-0.25, -0.2) is 0 Å². The summed E-state index contributed by atoms with van der Waals surface area (Å²) in [5.41, 5.74) is 2.37. The van der Waals surface area contributed by atoms with Gasteiger partial charge in [-0.3, -0.25) is 4.98 Å². The van der Waals surface area contributed by atoms with Gasteiger partial charge in [0.15, 0.2) is 0 Å². The molecule has 2 aromatic heterocycles. The van der Waals surface area contributed by atoms with Gasteiger partial charge in [-0.05, 0) is 37.6 Å². The lowest BCUT2D eigenvalue weighted by Crippen LogP contribution is -1.95. The summed E-state index contributed by atoms with van der Waals surface area (Å²) in [5, 5.41) is 0.0345. The van der Waals surface area contributed by atoms with Crippen LogP contribution in [0.3, 0.4) is 0 Å². The highest BCUT2D eigenvalue weighted by Crippen LogP contribution is 2.32. The zero-order valence-corrected chi connectivity index (χ0v) is 11.0. The van der Waals surface area contributed by atoms with Gasteiger partial charge in [0.05, 0.1) is 5.38 Å². The highest BCUT2D eigenvalue weighted by Gasteiger charge is 2.13. The third-order valence-corrected chi connectivity index (χ3v) is 4.39. The number of hydrogen-bond acceptors (Lipinski definition) is 2. The number of aromatic nitrogens is 1. The fourth-order valence-electron chi connectivity index (χ4n) is 1.56. The van der Waals surface area contributed by atoms with Gasteiger partial charge in [-0.15, -0.1) is 22.9 Å². The Morgan fingerprint density at radius 1 is 1.38 bits per heavy atom. The SMILES string of the molecule is Cc1cc(C(Cl)Cc2ccccn2)sc1C. The third kappa shape index (κ3) is 2.63. The molecule has 2 heterocycles. The first-order valence-electron chi connectivity index (χ1n) is 5.27. The van der Waals surface area contributed by atoms with Gasteiger partial charge in [-0.1, -0.05) is 6.07 Å². The van der Waals surface area contributed by atoms with E-state index >= 15 is 0 Å². The number of hydrogen-bond donors (Lipinski definition) is 0. The highest BCUT2D eigenvalue weighted by atomic mass is 35.5. The van der Waals surface area contributed by atoms with Gasteiger partial charge in [0.25, 0.3) is 0 Å². The average Bonchev–Trinajstić information content (AvgIpc) is 2.61. The van der Waals surface area contributed by atoms with E-state index in [0.717, 1.165) is 12.1 Å². The Kier molecular flexibility index (Phi) is 3.62. The third-order valence-electron chi connectivity index (χ3n) is 2.61. The quantitative estimate of drug-likeness (QED) is 0.742. The second-order valence-corrected chi connectivity index (χ2v) is 5.70. The van der Waals surface area contributed by atoms with Crippen LogP contribution < -0.4 is 0 Å². The second-order valence-electron chi connectivity index (χ2n) is 3.88. The first-order chi connectivity index (χ1) is 7.66. The summed E-state index contributed by atoms with van der Waals surface area (Å²) in [6.45, 7) is 4.26. The summed E-state index contributed by atoms with van der Waals surface area (Å²) in [6.07, 6.45) is 2.60. The van der Waals surface area contributed by atoms with Crippen molar-refractivity contribution in [3.05, 3.63) is 51.5 Å². The molecule has 0 amide bonds. The van der Waals surface area contributed by atoms with Crippen molar-refractivity contribution in [3.63, 3.8) is 0 Å². The summed E-state index contributed by atoms with van der Waals surface area (Å²) in [5.74, 6) is 0. The van der Waals surface area contributed by atoms with Crippen molar-refractivity contribution < 1.29 is 0 Å². The van der Waals surface area contributed by atoms with Crippen molar-refractivity contribution in [2.45, 2.75) is 25.6 Å². The lowest BCUT2D eigenvalue weighted by molar-refractivity contribution is 0.896. The maximum absolute atomic E-state index is 6.40. The zero-order chi connectivity index (χ0) is 11.5. The predicted molar refractivity (Wildman–Crippen MR) is 70.3 cm³/mol. The molecule has 0 fully saturated rings. The molecule has 0 spiro atoms.